The number of rotatable bonds is 7. The van der Waals surface area contributed by atoms with Gasteiger partial charge in [-0.3, -0.25) is 4.79 Å². The number of amides is 1. The Balaban J connectivity index is 1.42. The maximum absolute atomic E-state index is 13.1. The highest BCUT2D eigenvalue weighted by Gasteiger charge is 2.30. The smallest absolute Gasteiger partial charge is 0.253 e. The summed E-state index contributed by atoms with van der Waals surface area (Å²) in [7, 11) is -7.36. The molecule has 1 aliphatic heterocycles. The molecule has 34 heavy (non-hydrogen) atoms. The van der Waals surface area contributed by atoms with Crippen LogP contribution in [0.4, 0.5) is 0 Å². The fourth-order valence-corrected chi connectivity index (χ4v) is 6.28. The zero-order valence-electron chi connectivity index (χ0n) is 18.4. The molecule has 3 aromatic rings. The van der Waals surface area contributed by atoms with Gasteiger partial charge in [0.15, 0.2) is 0 Å². The van der Waals surface area contributed by atoms with Gasteiger partial charge in [-0.15, -0.1) is 6.58 Å². The Morgan fingerprint density at radius 1 is 0.853 bits per heavy atom. The largest absolute Gasteiger partial charge is 0.336 e. The van der Waals surface area contributed by atoms with Gasteiger partial charge in [0.05, 0.1) is 9.79 Å². The monoisotopic (exact) mass is 499 g/mol. The number of hydrogen-bond acceptors (Lipinski definition) is 5. The molecule has 0 unspecified atom stereocenters. The molecule has 0 bridgehead atoms. The standard InChI is InChI=1S/C24H25N3O5S2/c1-2-13-25-33(29,30)22-10-8-20(9-11-22)24(28)26-14-16-27(17-15-26)34(31,32)23-12-7-19-5-3-4-6-21(19)18-23/h2-12,18,25H,1,13-17H2. The quantitative estimate of drug-likeness (QED) is 0.503. The first-order valence-electron chi connectivity index (χ1n) is 10.7. The molecule has 3 aromatic carbocycles. The van der Waals surface area contributed by atoms with E-state index < -0.39 is 20.0 Å². The van der Waals surface area contributed by atoms with Crippen molar-refractivity contribution in [3.63, 3.8) is 0 Å². The van der Waals surface area contributed by atoms with E-state index in [0.717, 1.165) is 10.8 Å². The predicted octanol–water partition coefficient (Wildman–Crippen LogP) is 2.45. The summed E-state index contributed by atoms with van der Waals surface area (Å²) in [5.41, 5.74) is 0.341. The molecule has 1 amide bonds. The molecule has 1 heterocycles. The zero-order chi connectivity index (χ0) is 24.3. The Bertz CT molecular complexity index is 1430. The number of fused-ring (bicyclic) bond motifs is 1. The molecular formula is C24H25N3O5S2. The molecule has 1 fully saturated rings. The van der Waals surface area contributed by atoms with Crippen molar-refractivity contribution in [2.45, 2.75) is 9.79 Å². The van der Waals surface area contributed by atoms with Gasteiger partial charge in [-0.25, -0.2) is 21.6 Å². The molecular weight excluding hydrogens is 474 g/mol. The van der Waals surface area contributed by atoms with Gasteiger partial charge < -0.3 is 4.90 Å². The molecule has 1 N–H and O–H groups in total. The third-order valence-corrected chi connectivity index (χ3v) is 9.05. The van der Waals surface area contributed by atoms with Gasteiger partial charge in [-0.2, -0.15) is 4.31 Å². The topological polar surface area (TPSA) is 104 Å². The van der Waals surface area contributed by atoms with E-state index in [1.54, 1.807) is 23.1 Å². The van der Waals surface area contributed by atoms with Crippen molar-refractivity contribution in [3.8, 4) is 0 Å². The zero-order valence-corrected chi connectivity index (χ0v) is 20.1. The predicted molar refractivity (Wildman–Crippen MR) is 130 cm³/mol. The number of carbonyl (C=O) groups is 1. The number of nitrogens with zero attached hydrogens (tertiary/aromatic N) is 2. The Morgan fingerprint density at radius 3 is 2.12 bits per heavy atom. The molecule has 0 saturated carbocycles. The lowest BCUT2D eigenvalue weighted by atomic mass is 10.1. The molecule has 1 aliphatic rings. The maximum atomic E-state index is 13.1. The minimum absolute atomic E-state index is 0.0530. The highest BCUT2D eigenvalue weighted by molar-refractivity contribution is 7.89. The number of carbonyl (C=O) groups excluding carboxylic acids is 1. The summed E-state index contributed by atoms with van der Waals surface area (Å²) >= 11 is 0. The second kappa shape index (κ2) is 9.67. The van der Waals surface area contributed by atoms with Crippen LogP contribution in [0.15, 0.2) is 89.2 Å². The highest BCUT2D eigenvalue weighted by Crippen LogP contribution is 2.23. The fourth-order valence-electron chi connectivity index (χ4n) is 3.82. The molecule has 8 nitrogen and oxygen atoms in total. The molecule has 4 rings (SSSR count). The van der Waals surface area contributed by atoms with E-state index in [0.29, 0.717) is 5.56 Å². The van der Waals surface area contributed by atoms with E-state index >= 15 is 0 Å². The summed E-state index contributed by atoms with van der Waals surface area (Å²) in [5.74, 6) is -0.272. The molecule has 0 atom stereocenters. The Kier molecular flexibility index (Phi) is 6.85. The van der Waals surface area contributed by atoms with Gasteiger partial charge in [0.25, 0.3) is 5.91 Å². The van der Waals surface area contributed by atoms with Crippen LogP contribution >= 0.6 is 0 Å². The minimum atomic E-state index is -3.68. The summed E-state index contributed by atoms with van der Waals surface area (Å²) < 4.78 is 54.4. The summed E-state index contributed by atoms with van der Waals surface area (Å²) in [6, 6.07) is 18.3. The van der Waals surface area contributed by atoms with Gasteiger partial charge in [0, 0.05) is 38.3 Å². The molecule has 0 radical (unpaired) electrons. The first kappa shape index (κ1) is 24.1. The normalized spacial score (nSPS) is 15.4. The van der Waals surface area contributed by atoms with Crippen LogP contribution in [-0.2, 0) is 20.0 Å². The van der Waals surface area contributed by atoms with Crippen molar-refractivity contribution in [2.75, 3.05) is 32.7 Å². The van der Waals surface area contributed by atoms with Crippen molar-refractivity contribution in [1.82, 2.24) is 13.9 Å². The number of piperazine rings is 1. The van der Waals surface area contributed by atoms with Crippen molar-refractivity contribution in [2.24, 2.45) is 0 Å². The lowest BCUT2D eigenvalue weighted by Gasteiger charge is -2.34. The lowest BCUT2D eigenvalue weighted by Crippen LogP contribution is -2.50. The average molecular weight is 500 g/mol. The molecule has 0 spiro atoms. The third-order valence-electron chi connectivity index (χ3n) is 5.71. The van der Waals surface area contributed by atoms with Crippen molar-refractivity contribution >= 4 is 36.7 Å². The summed E-state index contributed by atoms with van der Waals surface area (Å²) in [5, 5.41) is 1.81. The van der Waals surface area contributed by atoms with Crippen LogP contribution < -0.4 is 4.72 Å². The van der Waals surface area contributed by atoms with Crippen LogP contribution in [0.1, 0.15) is 10.4 Å². The number of sulfonamides is 2. The van der Waals surface area contributed by atoms with Crippen molar-refractivity contribution in [1.29, 1.82) is 0 Å². The van der Waals surface area contributed by atoms with Crippen LogP contribution in [0.2, 0.25) is 0 Å². The molecule has 0 aliphatic carbocycles. The molecule has 0 aromatic heterocycles. The van der Waals surface area contributed by atoms with Gasteiger partial charge in [0.1, 0.15) is 0 Å². The van der Waals surface area contributed by atoms with Gasteiger partial charge in [0.2, 0.25) is 20.0 Å². The van der Waals surface area contributed by atoms with Crippen LogP contribution in [0, 0.1) is 0 Å². The first-order chi connectivity index (χ1) is 16.2. The number of hydrogen-bond donors (Lipinski definition) is 1. The van der Waals surface area contributed by atoms with E-state index in [4.69, 9.17) is 0 Å². The van der Waals surface area contributed by atoms with E-state index in [2.05, 4.69) is 11.3 Å². The van der Waals surface area contributed by atoms with Gasteiger partial charge in [-0.1, -0.05) is 36.4 Å². The van der Waals surface area contributed by atoms with Crippen LogP contribution in [0.3, 0.4) is 0 Å². The Hall–Kier alpha value is -3.05. The third kappa shape index (κ3) is 4.90. The Morgan fingerprint density at radius 2 is 1.47 bits per heavy atom. The second-order valence-corrected chi connectivity index (χ2v) is 11.6. The SMILES string of the molecule is C=CCNS(=O)(=O)c1ccc(C(=O)N2CCN(S(=O)(=O)c3ccc4ccccc4c3)CC2)cc1. The molecule has 1 saturated heterocycles. The number of benzene rings is 3. The van der Waals surface area contributed by atoms with Gasteiger partial charge in [-0.05, 0) is 47.2 Å². The summed E-state index contributed by atoms with van der Waals surface area (Å²) in [4.78, 5) is 14.7. The van der Waals surface area contributed by atoms with E-state index in [9.17, 15) is 21.6 Å². The minimum Gasteiger partial charge on any atom is -0.336 e. The van der Waals surface area contributed by atoms with E-state index in [1.807, 2.05) is 24.3 Å². The summed E-state index contributed by atoms with van der Waals surface area (Å²) in [6.07, 6.45) is 1.44. The van der Waals surface area contributed by atoms with Crippen LogP contribution in [0.5, 0.6) is 0 Å². The van der Waals surface area contributed by atoms with E-state index in [1.165, 1.54) is 34.6 Å². The van der Waals surface area contributed by atoms with Gasteiger partial charge >= 0.3 is 0 Å². The fraction of sp³-hybridized carbons (Fsp3) is 0.208. The average Bonchev–Trinajstić information content (AvgIpc) is 2.87. The number of nitrogens with one attached hydrogen (secondary N) is 1. The summed E-state index contributed by atoms with van der Waals surface area (Å²) in [6.45, 7) is 4.43. The Labute approximate surface area is 199 Å². The van der Waals surface area contributed by atoms with Crippen molar-refractivity contribution in [3.05, 3.63) is 84.9 Å². The molecule has 178 valence electrons. The highest BCUT2D eigenvalue weighted by atomic mass is 32.2. The first-order valence-corrected chi connectivity index (χ1v) is 13.6. The van der Waals surface area contributed by atoms with Crippen molar-refractivity contribution < 1.29 is 21.6 Å². The van der Waals surface area contributed by atoms with E-state index in [-0.39, 0.29) is 48.4 Å². The lowest BCUT2D eigenvalue weighted by molar-refractivity contribution is 0.0698. The second-order valence-electron chi connectivity index (χ2n) is 7.87. The molecule has 10 heteroatoms. The van der Waals surface area contributed by atoms with Crippen LogP contribution in [0.25, 0.3) is 10.8 Å². The van der Waals surface area contributed by atoms with Crippen LogP contribution in [-0.4, -0.2) is 64.7 Å². The maximum Gasteiger partial charge on any atom is 0.253 e.